The molecular formula is C20H16N4O2. The van der Waals surface area contributed by atoms with Crippen LogP contribution in [0.3, 0.4) is 0 Å². The summed E-state index contributed by atoms with van der Waals surface area (Å²) in [6.07, 6.45) is 0. The van der Waals surface area contributed by atoms with Crippen LogP contribution in [0.4, 0.5) is 22.7 Å². The Morgan fingerprint density at radius 2 is 1.27 bits per heavy atom. The Hall–Kier alpha value is -3.54. The molecule has 0 saturated carbocycles. The third-order valence-electron chi connectivity index (χ3n) is 4.40. The third-order valence-corrected chi connectivity index (χ3v) is 4.40. The molecule has 0 aromatic heterocycles. The van der Waals surface area contributed by atoms with Gasteiger partial charge in [-0.2, -0.15) is 10.2 Å². The van der Waals surface area contributed by atoms with E-state index in [-0.39, 0.29) is 5.69 Å². The molecule has 1 heterocycles. The lowest BCUT2D eigenvalue weighted by Gasteiger charge is -2.17. The zero-order chi connectivity index (χ0) is 17.9. The third kappa shape index (κ3) is 3.30. The molecule has 0 bridgehead atoms. The van der Waals surface area contributed by atoms with Crippen molar-refractivity contribution in [3.8, 4) is 0 Å². The molecule has 0 radical (unpaired) electrons. The maximum absolute atomic E-state index is 10.7. The van der Waals surface area contributed by atoms with Crippen LogP contribution in [0.25, 0.3) is 0 Å². The minimum Gasteiger partial charge on any atom is -0.363 e. The lowest BCUT2D eigenvalue weighted by Crippen LogP contribution is -2.13. The first-order chi connectivity index (χ1) is 12.7. The number of fused-ring (bicyclic) bond motifs is 1. The first kappa shape index (κ1) is 16.0. The van der Waals surface area contributed by atoms with Crippen molar-refractivity contribution in [3.05, 3.63) is 94.0 Å². The number of nitro benzene ring substituents is 1. The summed E-state index contributed by atoms with van der Waals surface area (Å²) in [5.41, 5.74) is 5.25. The summed E-state index contributed by atoms with van der Waals surface area (Å²) in [4.78, 5) is 12.5. The van der Waals surface area contributed by atoms with E-state index in [4.69, 9.17) is 0 Å². The van der Waals surface area contributed by atoms with Crippen LogP contribution in [-0.4, -0.2) is 4.92 Å². The largest absolute Gasteiger partial charge is 0.363 e. The van der Waals surface area contributed by atoms with Crippen molar-refractivity contribution in [2.45, 2.75) is 13.1 Å². The highest BCUT2D eigenvalue weighted by atomic mass is 16.6. The Morgan fingerprint density at radius 3 is 1.77 bits per heavy atom. The second-order valence-electron chi connectivity index (χ2n) is 6.11. The fourth-order valence-corrected chi connectivity index (χ4v) is 3.00. The number of nitro groups is 1. The second kappa shape index (κ2) is 6.76. The molecule has 0 unspecified atom stereocenters. The summed E-state index contributed by atoms with van der Waals surface area (Å²) in [7, 11) is 0. The van der Waals surface area contributed by atoms with Crippen LogP contribution in [-0.2, 0) is 13.1 Å². The summed E-state index contributed by atoms with van der Waals surface area (Å²) in [6.45, 7) is 1.83. The summed E-state index contributed by atoms with van der Waals surface area (Å²) in [5.74, 6) is 0. The summed E-state index contributed by atoms with van der Waals surface area (Å²) < 4.78 is 0. The Bertz CT molecular complexity index is 941. The SMILES string of the molecule is O=[N+]([O-])c1ccc(N=Nc2ccc(N3Cc4ccccc4C3)cc2)cc1. The van der Waals surface area contributed by atoms with E-state index >= 15 is 0 Å². The van der Waals surface area contributed by atoms with Crippen LogP contribution >= 0.6 is 0 Å². The fourth-order valence-electron chi connectivity index (χ4n) is 3.00. The van der Waals surface area contributed by atoms with Crippen LogP contribution in [0.2, 0.25) is 0 Å². The van der Waals surface area contributed by atoms with E-state index in [1.54, 1.807) is 12.1 Å². The fraction of sp³-hybridized carbons (Fsp3) is 0.100. The lowest BCUT2D eigenvalue weighted by atomic mass is 10.1. The lowest BCUT2D eigenvalue weighted by molar-refractivity contribution is -0.384. The van der Waals surface area contributed by atoms with Crippen molar-refractivity contribution in [3.63, 3.8) is 0 Å². The van der Waals surface area contributed by atoms with Gasteiger partial charge in [0.2, 0.25) is 0 Å². The minimum absolute atomic E-state index is 0.0416. The molecule has 0 N–H and O–H groups in total. The van der Waals surface area contributed by atoms with Gasteiger partial charge < -0.3 is 4.90 Å². The van der Waals surface area contributed by atoms with Crippen molar-refractivity contribution in [1.29, 1.82) is 0 Å². The molecule has 1 aliphatic rings. The van der Waals surface area contributed by atoms with Crippen molar-refractivity contribution < 1.29 is 4.92 Å². The van der Waals surface area contributed by atoms with Gasteiger partial charge in [-0.05, 0) is 47.5 Å². The molecule has 0 spiro atoms. The Morgan fingerprint density at radius 1 is 0.769 bits per heavy atom. The molecule has 0 saturated heterocycles. The summed E-state index contributed by atoms with van der Waals surface area (Å²) in [6, 6.07) is 22.4. The molecule has 6 nitrogen and oxygen atoms in total. The van der Waals surface area contributed by atoms with Crippen molar-refractivity contribution in [1.82, 2.24) is 0 Å². The molecule has 0 atom stereocenters. The van der Waals surface area contributed by atoms with Gasteiger partial charge in [0.05, 0.1) is 16.3 Å². The molecular weight excluding hydrogens is 328 g/mol. The number of hydrogen-bond donors (Lipinski definition) is 0. The quantitative estimate of drug-likeness (QED) is 0.355. The van der Waals surface area contributed by atoms with Gasteiger partial charge >= 0.3 is 0 Å². The summed E-state index contributed by atoms with van der Waals surface area (Å²) >= 11 is 0. The van der Waals surface area contributed by atoms with Gasteiger partial charge in [0.15, 0.2) is 0 Å². The van der Waals surface area contributed by atoms with E-state index in [2.05, 4.69) is 39.4 Å². The number of anilines is 1. The van der Waals surface area contributed by atoms with Crippen LogP contribution in [0.5, 0.6) is 0 Å². The first-order valence-electron chi connectivity index (χ1n) is 8.27. The van der Waals surface area contributed by atoms with E-state index in [0.717, 1.165) is 24.5 Å². The number of non-ortho nitro benzene ring substituents is 1. The maximum atomic E-state index is 10.7. The Labute approximate surface area is 150 Å². The Balaban J connectivity index is 1.44. The first-order valence-corrected chi connectivity index (χ1v) is 8.27. The van der Waals surface area contributed by atoms with Crippen LogP contribution in [0, 0.1) is 10.1 Å². The van der Waals surface area contributed by atoms with Crippen LogP contribution < -0.4 is 4.90 Å². The normalized spacial score (nSPS) is 13.2. The van der Waals surface area contributed by atoms with E-state index in [1.807, 2.05) is 24.3 Å². The van der Waals surface area contributed by atoms with Gasteiger partial charge in [0.1, 0.15) is 0 Å². The number of hydrogen-bond acceptors (Lipinski definition) is 5. The van der Waals surface area contributed by atoms with Crippen LogP contribution in [0.1, 0.15) is 11.1 Å². The van der Waals surface area contributed by atoms with E-state index < -0.39 is 4.92 Å². The predicted octanol–water partition coefficient (Wildman–Crippen LogP) is 5.53. The molecule has 26 heavy (non-hydrogen) atoms. The number of azo groups is 1. The zero-order valence-corrected chi connectivity index (χ0v) is 13.9. The number of rotatable bonds is 4. The smallest absolute Gasteiger partial charge is 0.269 e. The molecule has 4 rings (SSSR count). The zero-order valence-electron chi connectivity index (χ0n) is 13.9. The highest BCUT2D eigenvalue weighted by Crippen LogP contribution is 2.29. The topological polar surface area (TPSA) is 71.1 Å². The minimum atomic E-state index is -0.434. The van der Waals surface area contributed by atoms with E-state index in [9.17, 15) is 10.1 Å². The van der Waals surface area contributed by atoms with Gasteiger partial charge in [0, 0.05) is 30.9 Å². The molecule has 3 aromatic rings. The van der Waals surface area contributed by atoms with Crippen molar-refractivity contribution >= 4 is 22.7 Å². The van der Waals surface area contributed by atoms with Crippen molar-refractivity contribution in [2.24, 2.45) is 10.2 Å². The van der Waals surface area contributed by atoms with Crippen LogP contribution in [0.15, 0.2) is 83.0 Å². The standard InChI is InChI=1S/C20H16N4O2/c25-24(26)20-11-7-18(8-12-20)22-21-17-5-9-19(10-6-17)23-13-15-3-1-2-4-16(15)14-23/h1-12H,13-14H2. The average molecular weight is 344 g/mol. The van der Waals surface area contributed by atoms with Gasteiger partial charge in [-0.1, -0.05) is 24.3 Å². The van der Waals surface area contributed by atoms with Gasteiger partial charge in [-0.15, -0.1) is 0 Å². The average Bonchev–Trinajstić information content (AvgIpc) is 3.11. The molecule has 1 aliphatic heterocycles. The highest BCUT2D eigenvalue weighted by molar-refractivity contribution is 5.56. The number of benzene rings is 3. The van der Waals surface area contributed by atoms with E-state index in [0.29, 0.717) is 5.69 Å². The molecule has 128 valence electrons. The molecule has 0 aliphatic carbocycles. The van der Waals surface area contributed by atoms with Gasteiger partial charge in [-0.3, -0.25) is 10.1 Å². The maximum Gasteiger partial charge on any atom is 0.269 e. The molecule has 6 heteroatoms. The van der Waals surface area contributed by atoms with Gasteiger partial charge in [0.25, 0.3) is 5.69 Å². The monoisotopic (exact) mass is 344 g/mol. The predicted molar refractivity (Wildman–Crippen MR) is 100 cm³/mol. The Kier molecular flexibility index (Phi) is 4.15. The highest BCUT2D eigenvalue weighted by Gasteiger charge is 2.18. The molecule has 0 amide bonds. The van der Waals surface area contributed by atoms with E-state index in [1.165, 1.54) is 23.3 Å². The van der Waals surface area contributed by atoms with Gasteiger partial charge in [-0.25, -0.2) is 0 Å². The molecule has 0 fully saturated rings. The number of nitrogens with zero attached hydrogens (tertiary/aromatic N) is 4. The molecule has 3 aromatic carbocycles. The summed E-state index contributed by atoms with van der Waals surface area (Å²) in [5, 5.41) is 19.0. The second-order valence-corrected chi connectivity index (χ2v) is 6.11. The van der Waals surface area contributed by atoms with Crippen molar-refractivity contribution in [2.75, 3.05) is 4.90 Å².